The Balaban J connectivity index is 2.62. The Morgan fingerprint density at radius 3 is 2.38 bits per heavy atom. The number of hydrogen-bond donors (Lipinski definition) is 5. The predicted molar refractivity (Wildman–Crippen MR) is 91.7 cm³/mol. The van der Waals surface area contributed by atoms with Gasteiger partial charge in [0.1, 0.15) is 12.6 Å². The van der Waals surface area contributed by atoms with E-state index < -0.39 is 36.0 Å². The van der Waals surface area contributed by atoms with Crippen molar-refractivity contribution in [1.29, 1.82) is 0 Å². The van der Waals surface area contributed by atoms with Crippen molar-refractivity contribution >= 4 is 29.2 Å². The van der Waals surface area contributed by atoms with Crippen LogP contribution in [0.3, 0.4) is 0 Å². The lowest BCUT2D eigenvalue weighted by Crippen LogP contribution is -2.51. The first-order valence-corrected chi connectivity index (χ1v) is 7.51. The molecule has 0 aliphatic rings. The molecule has 8 heteroatoms. The molecule has 0 aromatic heterocycles. The number of nitrogens with one attached hydrogen (secondary N) is 4. The van der Waals surface area contributed by atoms with E-state index in [1.807, 2.05) is 20.8 Å². The fraction of sp³-hybridized carbons (Fsp3) is 0.438. The molecular weight excluding hydrogens is 312 g/mol. The summed E-state index contributed by atoms with van der Waals surface area (Å²) in [6.45, 7) is 6.43. The van der Waals surface area contributed by atoms with E-state index in [0.29, 0.717) is 11.4 Å². The third kappa shape index (κ3) is 7.10. The van der Waals surface area contributed by atoms with Crippen LogP contribution in [0.2, 0.25) is 0 Å². The van der Waals surface area contributed by atoms with E-state index in [-0.39, 0.29) is 0 Å². The molecule has 0 fully saturated rings. The summed E-state index contributed by atoms with van der Waals surface area (Å²) in [5.74, 6) is -1.02. The lowest BCUT2D eigenvalue weighted by Gasteiger charge is -2.21. The van der Waals surface area contributed by atoms with E-state index in [0.717, 1.165) is 0 Å². The zero-order valence-corrected chi connectivity index (χ0v) is 14.3. The molecule has 0 heterocycles. The highest BCUT2D eigenvalue weighted by atomic mass is 16.3. The summed E-state index contributed by atoms with van der Waals surface area (Å²) in [6.07, 6.45) is 0. The summed E-state index contributed by atoms with van der Waals surface area (Å²) in [5, 5.41) is 19.1. The summed E-state index contributed by atoms with van der Waals surface area (Å²) in [6, 6.07) is 5.44. The van der Waals surface area contributed by atoms with Crippen molar-refractivity contribution < 1.29 is 19.5 Å². The van der Waals surface area contributed by atoms with Crippen molar-refractivity contribution in [2.75, 3.05) is 17.2 Å². The minimum absolute atomic E-state index is 0.444. The van der Waals surface area contributed by atoms with Crippen molar-refractivity contribution in [1.82, 2.24) is 10.6 Å². The summed E-state index contributed by atoms with van der Waals surface area (Å²) >= 11 is 0. The molecular formula is C16H24N4O4. The van der Waals surface area contributed by atoms with Gasteiger partial charge < -0.3 is 21.1 Å². The second kappa shape index (κ2) is 8.30. The molecule has 132 valence electrons. The number of imide groups is 1. The quantitative estimate of drug-likeness (QED) is 0.550. The van der Waals surface area contributed by atoms with E-state index in [9.17, 15) is 14.4 Å². The molecule has 24 heavy (non-hydrogen) atoms. The monoisotopic (exact) mass is 336 g/mol. The minimum Gasteiger partial charge on any atom is -0.387 e. The molecule has 0 saturated heterocycles. The number of aliphatic hydroxyl groups excluding tert-OH is 1. The first-order chi connectivity index (χ1) is 11.1. The Morgan fingerprint density at radius 1 is 1.17 bits per heavy atom. The summed E-state index contributed by atoms with van der Waals surface area (Å²) < 4.78 is 0. The van der Waals surface area contributed by atoms with Crippen molar-refractivity contribution in [2.24, 2.45) is 0 Å². The van der Waals surface area contributed by atoms with Gasteiger partial charge in [-0.2, -0.15) is 0 Å². The number of carbonyl (C=O) groups excluding carboxylic acids is 3. The molecule has 0 radical (unpaired) electrons. The van der Waals surface area contributed by atoms with Gasteiger partial charge in [-0.25, -0.2) is 4.79 Å². The first kappa shape index (κ1) is 19.4. The second-order valence-corrected chi connectivity index (χ2v) is 6.35. The smallest absolute Gasteiger partial charge is 0.321 e. The van der Waals surface area contributed by atoms with Gasteiger partial charge in [0, 0.05) is 16.9 Å². The van der Waals surface area contributed by atoms with E-state index >= 15 is 0 Å². The number of aliphatic hydroxyl groups is 1. The SMILES string of the molecule is C[C@H](Nc1cccc(NC(=O)CO)c1)C(=O)NC(=O)NC(C)(C)C. The number of anilines is 2. The van der Waals surface area contributed by atoms with Crippen LogP contribution in [0.25, 0.3) is 0 Å². The van der Waals surface area contributed by atoms with Crippen LogP contribution in [0.15, 0.2) is 24.3 Å². The highest BCUT2D eigenvalue weighted by Crippen LogP contribution is 2.16. The second-order valence-electron chi connectivity index (χ2n) is 6.35. The highest BCUT2D eigenvalue weighted by molar-refractivity contribution is 5.98. The van der Waals surface area contributed by atoms with Gasteiger partial charge in [-0.3, -0.25) is 14.9 Å². The molecule has 8 nitrogen and oxygen atoms in total. The lowest BCUT2D eigenvalue weighted by molar-refractivity contribution is -0.120. The first-order valence-electron chi connectivity index (χ1n) is 7.51. The van der Waals surface area contributed by atoms with E-state index in [4.69, 9.17) is 5.11 Å². The maximum Gasteiger partial charge on any atom is 0.321 e. The van der Waals surface area contributed by atoms with Gasteiger partial charge in [0.15, 0.2) is 0 Å². The van der Waals surface area contributed by atoms with Crippen molar-refractivity contribution in [2.45, 2.75) is 39.3 Å². The third-order valence-electron chi connectivity index (χ3n) is 2.79. The van der Waals surface area contributed by atoms with Crippen molar-refractivity contribution in [3.05, 3.63) is 24.3 Å². The third-order valence-corrected chi connectivity index (χ3v) is 2.79. The van der Waals surface area contributed by atoms with E-state index in [1.54, 1.807) is 31.2 Å². The topological polar surface area (TPSA) is 120 Å². The van der Waals surface area contributed by atoms with Gasteiger partial charge in [0.25, 0.3) is 0 Å². The molecule has 1 aromatic rings. The molecule has 4 amide bonds. The van der Waals surface area contributed by atoms with Crippen LogP contribution in [-0.4, -0.2) is 41.1 Å². The molecule has 5 N–H and O–H groups in total. The lowest BCUT2D eigenvalue weighted by atomic mass is 10.1. The fourth-order valence-corrected chi connectivity index (χ4v) is 1.79. The Morgan fingerprint density at radius 2 is 1.79 bits per heavy atom. The number of carbonyl (C=O) groups is 3. The van der Waals surface area contributed by atoms with Crippen molar-refractivity contribution in [3.63, 3.8) is 0 Å². The normalized spacial score (nSPS) is 12.0. The standard InChI is InChI=1S/C16H24N4O4/c1-10(14(23)19-15(24)20-16(2,3)4)17-11-6-5-7-12(8-11)18-13(22)9-21/h5-8,10,17,21H,9H2,1-4H3,(H,18,22)(H2,19,20,23,24)/t10-/m0/s1. The maximum absolute atomic E-state index is 12.0. The van der Waals surface area contributed by atoms with Gasteiger partial charge in [-0.05, 0) is 45.9 Å². The van der Waals surface area contributed by atoms with Gasteiger partial charge in [-0.1, -0.05) is 6.07 Å². The van der Waals surface area contributed by atoms with Crippen LogP contribution in [0.4, 0.5) is 16.2 Å². The van der Waals surface area contributed by atoms with Crippen LogP contribution in [0, 0.1) is 0 Å². The molecule has 1 atom stereocenters. The Kier molecular flexibility index (Phi) is 6.72. The number of hydrogen-bond acceptors (Lipinski definition) is 5. The number of rotatable bonds is 5. The molecule has 0 spiro atoms. The zero-order valence-electron chi connectivity index (χ0n) is 14.3. The Bertz CT molecular complexity index is 610. The highest BCUT2D eigenvalue weighted by Gasteiger charge is 2.19. The summed E-state index contributed by atoms with van der Waals surface area (Å²) in [4.78, 5) is 34.9. The van der Waals surface area contributed by atoms with Gasteiger partial charge in [0.2, 0.25) is 11.8 Å². The van der Waals surface area contributed by atoms with E-state index in [2.05, 4.69) is 21.3 Å². The predicted octanol–water partition coefficient (Wildman–Crippen LogP) is 1.04. The summed E-state index contributed by atoms with van der Waals surface area (Å²) in [7, 11) is 0. The van der Waals surface area contributed by atoms with Crippen LogP contribution in [0.5, 0.6) is 0 Å². The molecule has 0 unspecified atom stereocenters. The zero-order chi connectivity index (χ0) is 18.3. The molecule has 1 rings (SSSR count). The average molecular weight is 336 g/mol. The molecule has 0 saturated carbocycles. The van der Waals surface area contributed by atoms with Crippen LogP contribution in [-0.2, 0) is 9.59 Å². The molecule has 1 aromatic carbocycles. The average Bonchev–Trinajstić information content (AvgIpc) is 2.45. The fourth-order valence-electron chi connectivity index (χ4n) is 1.79. The van der Waals surface area contributed by atoms with Gasteiger partial charge in [0.05, 0.1) is 0 Å². The number of benzene rings is 1. The Labute approximate surface area is 141 Å². The molecule has 0 aliphatic heterocycles. The van der Waals surface area contributed by atoms with Crippen molar-refractivity contribution in [3.8, 4) is 0 Å². The van der Waals surface area contributed by atoms with Crippen LogP contribution >= 0.6 is 0 Å². The minimum atomic E-state index is -0.667. The van der Waals surface area contributed by atoms with Gasteiger partial charge >= 0.3 is 6.03 Å². The van der Waals surface area contributed by atoms with Crippen LogP contribution in [0.1, 0.15) is 27.7 Å². The molecule has 0 aliphatic carbocycles. The maximum atomic E-state index is 12.0. The molecule has 0 bridgehead atoms. The summed E-state index contributed by atoms with van der Waals surface area (Å²) in [5.41, 5.74) is 0.627. The number of amides is 4. The van der Waals surface area contributed by atoms with Crippen LogP contribution < -0.4 is 21.3 Å². The van der Waals surface area contributed by atoms with Gasteiger partial charge in [-0.15, -0.1) is 0 Å². The number of urea groups is 1. The Hall–Kier alpha value is -2.61. The largest absolute Gasteiger partial charge is 0.387 e. The van der Waals surface area contributed by atoms with E-state index in [1.165, 1.54) is 0 Å².